The number of rotatable bonds is 2. The average Bonchev–Trinajstić information content (AvgIpc) is 2.60. The monoisotopic (exact) mass is 270 g/mol. The summed E-state index contributed by atoms with van der Waals surface area (Å²) >= 11 is 7.50. The number of aryl methyl sites for hydroxylation is 1. The molecule has 1 atom stereocenters. The van der Waals surface area contributed by atoms with Gasteiger partial charge >= 0.3 is 0 Å². The molecular weight excluding hydrogens is 259 g/mol. The maximum Gasteiger partial charge on any atom is 0.125 e. The average molecular weight is 271 g/mol. The summed E-state index contributed by atoms with van der Waals surface area (Å²) in [7, 11) is 0. The van der Waals surface area contributed by atoms with Gasteiger partial charge in [0.15, 0.2) is 0 Å². The second kappa shape index (κ2) is 4.72. The van der Waals surface area contributed by atoms with Gasteiger partial charge in [0.05, 0.1) is 10.7 Å². The Morgan fingerprint density at radius 2 is 2.18 bits per heavy atom. The number of nitrogens with zero attached hydrogens (tertiary/aromatic N) is 1. The second-order valence-corrected chi connectivity index (χ2v) is 5.32. The Labute approximate surface area is 108 Å². The minimum atomic E-state index is -0.348. The van der Waals surface area contributed by atoms with Crippen molar-refractivity contribution < 1.29 is 4.39 Å². The molecule has 5 heteroatoms. The van der Waals surface area contributed by atoms with Crippen molar-refractivity contribution >= 4 is 22.9 Å². The molecule has 0 spiro atoms. The van der Waals surface area contributed by atoms with Crippen LogP contribution in [0, 0.1) is 12.7 Å². The van der Waals surface area contributed by atoms with E-state index in [4.69, 9.17) is 17.3 Å². The van der Waals surface area contributed by atoms with Crippen LogP contribution in [0.15, 0.2) is 18.2 Å². The van der Waals surface area contributed by atoms with Crippen LogP contribution in [0.1, 0.15) is 23.5 Å². The highest BCUT2D eigenvalue weighted by Gasteiger charge is 2.14. The number of halogens is 2. The van der Waals surface area contributed by atoms with Crippen molar-refractivity contribution in [3.63, 3.8) is 0 Å². The lowest BCUT2D eigenvalue weighted by Crippen LogP contribution is -2.03. The number of aromatic nitrogens is 1. The fraction of sp³-hybridized carbons (Fsp3) is 0.250. The molecule has 0 bridgehead atoms. The van der Waals surface area contributed by atoms with E-state index >= 15 is 0 Å². The highest BCUT2D eigenvalue weighted by atomic mass is 35.5. The largest absolute Gasteiger partial charge is 0.323 e. The number of benzene rings is 1. The van der Waals surface area contributed by atoms with Crippen molar-refractivity contribution in [2.75, 3.05) is 0 Å². The summed E-state index contributed by atoms with van der Waals surface area (Å²) in [5, 5.41) is 1.15. The van der Waals surface area contributed by atoms with Crippen molar-refractivity contribution in [1.29, 1.82) is 0 Å². The smallest absolute Gasteiger partial charge is 0.125 e. The van der Waals surface area contributed by atoms with Crippen LogP contribution in [-0.4, -0.2) is 4.98 Å². The van der Waals surface area contributed by atoms with Crippen molar-refractivity contribution in [3.8, 4) is 10.6 Å². The van der Waals surface area contributed by atoms with Gasteiger partial charge in [0.1, 0.15) is 10.8 Å². The Kier molecular flexibility index (Phi) is 3.47. The molecule has 90 valence electrons. The molecular formula is C12H12ClFN2S. The lowest BCUT2D eigenvalue weighted by atomic mass is 10.2. The van der Waals surface area contributed by atoms with Crippen molar-refractivity contribution in [1.82, 2.24) is 4.98 Å². The molecule has 0 amide bonds. The van der Waals surface area contributed by atoms with E-state index in [2.05, 4.69) is 4.98 Å². The van der Waals surface area contributed by atoms with Gasteiger partial charge < -0.3 is 5.73 Å². The van der Waals surface area contributed by atoms with Crippen molar-refractivity contribution in [3.05, 3.63) is 39.6 Å². The molecule has 2 rings (SSSR count). The van der Waals surface area contributed by atoms with Crippen LogP contribution in [0.5, 0.6) is 0 Å². The molecule has 2 aromatic rings. The van der Waals surface area contributed by atoms with Gasteiger partial charge in [-0.3, -0.25) is 0 Å². The van der Waals surface area contributed by atoms with E-state index in [-0.39, 0.29) is 11.9 Å². The SMILES string of the molecule is Cc1nc(-c2ccc(F)cc2Cl)sc1C(C)N. The zero-order valence-electron chi connectivity index (χ0n) is 9.50. The summed E-state index contributed by atoms with van der Waals surface area (Å²) < 4.78 is 13.0. The van der Waals surface area contributed by atoms with E-state index in [1.165, 1.54) is 23.5 Å². The summed E-state index contributed by atoms with van der Waals surface area (Å²) in [6, 6.07) is 4.25. The van der Waals surface area contributed by atoms with Crippen LogP contribution in [0.4, 0.5) is 4.39 Å². The molecule has 0 aliphatic heterocycles. The van der Waals surface area contributed by atoms with Gasteiger partial charge in [0.2, 0.25) is 0 Å². The molecule has 2 nitrogen and oxygen atoms in total. The van der Waals surface area contributed by atoms with Gasteiger partial charge in [-0.05, 0) is 32.0 Å². The topological polar surface area (TPSA) is 38.9 Å². The van der Waals surface area contributed by atoms with Crippen LogP contribution in [-0.2, 0) is 0 Å². The highest BCUT2D eigenvalue weighted by molar-refractivity contribution is 7.15. The zero-order chi connectivity index (χ0) is 12.6. The predicted octanol–water partition coefficient (Wildman–Crippen LogP) is 3.93. The molecule has 0 radical (unpaired) electrons. The first-order valence-electron chi connectivity index (χ1n) is 5.17. The van der Waals surface area contributed by atoms with Gasteiger partial charge in [-0.1, -0.05) is 11.6 Å². The number of hydrogen-bond acceptors (Lipinski definition) is 3. The third-order valence-electron chi connectivity index (χ3n) is 2.41. The lowest BCUT2D eigenvalue weighted by Gasteiger charge is -2.01. The summed E-state index contributed by atoms with van der Waals surface area (Å²) in [6.07, 6.45) is 0. The highest BCUT2D eigenvalue weighted by Crippen LogP contribution is 2.34. The van der Waals surface area contributed by atoms with E-state index in [9.17, 15) is 4.39 Å². The molecule has 1 aromatic heterocycles. The maximum absolute atomic E-state index is 13.0. The quantitative estimate of drug-likeness (QED) is 0.898. The summed E-state index contributed by atoms with van der Waals surface area (Å²) in [5.74, 6) is -0.348. The van der Waals surface area contributed by atoms with E-state index in [1.807, 2.05) is 13.8 Å². The number of thiazole rings is 1. The molecule has 0 saturated heterocycles. The van der Waals surface area contributed by atoms with E-state index in [0.29, 0.717) is 5.02 Å². The first-order valence-corrected chi connectivity index (χ1v) is 6.37. The fourth-order valence-electron chi connectivity index (χ4n) is 1.61. The predicted molar refractivity (Wildman–Crippen MR) is 69.9 cm³/mol. The van der Waals surface area contributed by atoms with E-state index in [1.54, 1.807) is 6.07 Å². The summed E-state index contributed by atoms with van der Waals surface area (Å²) in [5.41, 5.74) is 7.49. The Balaban J connectivity index is 2.50. The maximum atomic E-state index is 13.0. The van der Waals surface area contributed by atoms with Crippen molar-refractivity contribution in [2.45, 2.75) is 19.9 Å². The Morgan fingerprint density at radius 3 is 2.71 bits per heavy atom. The van der Waals surface area contributed by atoms with Crippen LogP contribution in [0.3, 0.4) is 0 Å². The van der Waals surface area contributed by atoms with Crippen molar-refractivity contribution in [2.24, 2.45) is 5.73 Å². The fourth-order valence-corrected chi connectivity index (χ4v) is 2.98. The Morgan fingerprint density at radius 1 is 1.47 bits per heavy atom. The van der Waals surface area contributed by atoms with Crippen LogP contribution in [0.25, 0.3) is 10.6 Å². The normalized spacial score (nSPS) is 12.8. The molecule has 0 aliphatic carbocycles. The summed E-state index contributed by atoms with van der Waals surface area (Å²) in [6.45, 7) is 3.83. The molecule has 1 aromatic carbocycles. The third-order valence-corrected chi connectivity index (χ3v) is 4.11. The molecule has 0 aliphatic rings. The Bertz CT molecular complexity index is 551. The van der Waals surface area contributed by atoms with Gasteiger partial charge in [-0.25, -0.2) is 9.37 Å². The standard InChI is InChI=1S/C12H12ClFN2S/c1-6(15)11-7(2)16-12(17-11)9-4-3-8(14)5-10(9)13/h3-6H,15H2,1-2H3. The van der Waals surface area contributed by atoms with Crippen LogP contribution in [0.2, 0.25) is 5.02 Å². The number of hydrogen-bond donors (Lipinski definition) is 1. The third kappa shape index (κ3) is 2.49. The van der Waals surface area contributed by atoms with Gasteiger partial charge in [-0.15, -0.1) is 11.3 Å². The second-order valence-electron chi connectivity index (χ2n) is 3.88. The molecule has 1 heterocycles. The molecule has 17 heavy (non-hydrogen) atoms. The molecule has 0 saturated carbocycles. The number of nitrogens with two attached hydrogens (primary N) is 1. The van der Waals surface area contributed by atoms with E-state index < -0.39 is 0 Å². The zero-order valence-corrected chi connectivity index (χ0v) is 11.1. The minimum absolute atomic E-state index is 0.0551. The van der Waals surface area contributed by atoms with Crippen LogP contribution < -0.4 is 5.73 Å². The first kappa shape index (κ1) is 12.5. The molecule has 0 fully saturated rings. The molecule has 1 unspecified atom stereocenters. The minimum Gasteiger partial charge on any atom is -0.323 e. The summed E-state index contributed by atoms with van der Waals surface area (Å²) in [4.78, 5) is 5.45. The lowest BCUT2D eigenvalue weighted by molar-refractivity contribution is 0.628. The van der Waals surface area contributed by atoms with Gasteiger partial charge in [0, 0.05) is 16.5 Å². The Hall–Kier alpha value is -0.970. The van der Waals surface area contributed by atoms with E-state index in [0.717, 1.165) is 21.1 Å². The first-order chi connectivity index (χ1) is 7.99. The molecule has 2 N–H and O–H groups in total. The van der Waals surface area contributed by atoms with Gasteiger partial charge in [-0.2, -0.15) is 0 Å². The van der Waals surface area contributed by atoms with Gasteiger partial charge in [0.25, 0.3) is 0 Å². The van der Waals surface area contributed by atoms with Crippen LogP contribution >= 0.6 is 22.9 Å².